The van der Waals surface area contributed by atoms with Crippen LogP contribution < -0.4 is 0 Å². The molecule has 1 heterocycles. The molecule has 0 aromatic heterocycles. The Morgan fingerprint density at radius 2 is 2.25 bits per heavy atom. The van der Waals surface area contributed by atoms with Crippen LogP contribution in [0.5, 0.6) is 0 Å². The van der Waals surface area contributed by atoms with Crippen LogP contribution in [0, 0.1) is 0 Å². The molecule has 1 amide bonds. The second kappa shape index (κ2) is 3.41. The second-order valence-electron chi connectivity index (χ2n) is 3.49. The average Bonchev–Trinajstić information content (AvgIpc) is 1.95. The highest BCUT2D eigenvalue weighted by atomic mass is 16.5. The largest absolute Gasteiger partial charge is 0.386 e. The Bertz CT molecular complexity index is 171. The zero-order chi connectivity index (χ0) is 9.19. The van der Waals surface area contributed by atoms with Crippen LogP contribution in [-0.2, 0) is 9.53 Å². The van der Waals surface area contributed by atoms with Crippen molar-refractivity contribution >= 4 is 5.91 Å². The minimum absolute atomic E-state index is 0.0587. The highest BCUT2D eigenvalue weighted by Gasteiger charge is 2.38. The number of methoxy groups -OCH3 is 1. The number of ether oxygens (including phenoxy) is 1. The van der Waals surface area contributed by atoms with Crippen molar-refractivity contribution < 1.29 is 14.6 Å². The molecule has 1 rings (SSSR count). The normalized spacial score (nSPS) is 20.4. The van der Waals surface area contributed by atoms with Crippen LogP contribution >= 0.6 is 0 Å². The molecule has 4 heteroatoms. The molecule has 1 saturated heterocycles. The smallest absolute Gasteiger partial charge is 0.225 e. The molecule has 0 bridgehead atoms. The number of nitrogens with zero attached hydrogens (tertiary/aromatic N) is 1. The minimum atomic E-state index is -0.664. The number of rotatable bonds is 3. The first-order chi connectivity index (χ1) is 5.55. The summed E-state index contributed by atoms with van der Waals surface area (Å²) in [6.07, 6.45) is 0.409. The number of likely N-dealkylation sites (tertiary alicyclic amines) is 1. The molecule has 0 spiro atoms. The second-order valence-corrected chi connectivity index (χ2v) is 3.49. The summed E-state index contributed by atoms with van der Waals surface area (Å²) in [5.41, 5.74) is -0.664. The third-order valence-corrected chi connectivity index (χ3v) is 1.94. The highest BCUT2D eigenvalue weighted by molar-refractivity contribution is 5.77. The summed E-state index contributed by atoms with van der Waals surface area (Å²) in [6, 6.07) is 0. The number of hydrogen-bond acceptors (Lipinski definition) is 3. The Morgan fingerprint density at radius 1 is 1.67 bits per heavy atom. The topological polar surface area (TPSA) is 49.8 Å². The zero-order valence-corrected chi connectivity index (χ0v) is 7.54. The van der Waals surface area contributed by atoms with E-state index in [0.29, 0.717) is 26.1 Å². The summed E-state index contributed by atoms with van der Waals surface area (Å²) in [5, 5.41) is 9.33. The van der Waals surface area contributed by atoms with Crippen molar-refractivity contribution in [3.05, 3.63) is 0 Å². The maximum absolute atomic E-state index is 11.2. The summed E-state index contributed by atoms with van der Waals surface area (Å²) in [4.78, 5) is 12.8. The fraction of sp³-hybridized carbons (Fsp3) is 0.875. The number of hydrogen-bond donors (Lipinski definition) is 1. The highest BCUT2D eigenvalue weighted by Crippen LogP contribution is 2.20. The molecule has 0 atom stereocenters. The van der Waals surface area contributed by atoms with E-state index in [1.54, 1.807) is 18.9 Å². The lowest BCUT2D eigenvalue weighted by Gasteiger charge is -2.44. The average molecular weight is 173 g/mol. The first-order valence-corrected chi connectivity index (χ1v) is 4.04. The fourth-order valence-electron chi connectivity index (χ4n) is 1.30. The molecule has 4 nitrogen and oxygen atoms in total. The van der Waals surface area contributed by atoms with Crippen LogP contribution in [0.3, 0.4) is 0 Å². The van der Waals surface area contributed by atoms with Crippen molar-refractivity contribution in [2.75, 3.05) is 26.8 Å². The Hall–Kier alpha value is -0.610. The van der Waals surface area contributed by atoms with Gasteiger partial charge < -0.3 is 14.7 Å². The predicted octanol–water partition coefficient (Wildman–Crippen LogP) is -0.384. The van der Waals surface area contributed by atoms with Gasteiger partial charge >= 0.3 is 0 Å². The SMILES string of the molecule is COCCC(=O)N1CC(C)(O)C1. The van der Waals surface area contributed by atoms with E-state index in [1.165, 1.54) is 0 Å². The van der Waals surface area contributed by atoms with Crippen molar-refractivity contribution in [3.8, 4) is 0 Å². The Labute approximate surface area is 72.1 Å². The summed E-state index contributed by atoms with van der Waals surface area (Å²) in [7, 11) is 1.57. The van der Waals surface area contributed by atoms with E-state index in [2.05, 4.69) is 0 Å². The van der Waals surface area contributed by atoms with Gasteiger partial charge in [0.1, 0.15) is 0 Å². The lowest BCUT2D eigenvalue weighted by molar-refractivity contribution is -0.153. The summed E-state index contributed by atoms with van der Waals surface area (Å²) in [6.45, 7) is 3.09. The quantitative estimate of drug-likeness (QED) is 0.632. The Balaban J connectivity index is 2.19. The van der Waals surface area contributed by atoms with Gasteiger partial charge in [-0.2, -0.15) is 0 Å². The zero-order valence-electron chi connectivity index (χ0n) is 7.54. The van der Waals surface area contributed by atoms with Crippen molar-refractivity contribution in [1.29, 1.82) is 0 Å². The molecule has 1 aliphatic rings. The Kier molecular flexibility index (Phi) is 2.69. The number of β-amino-alcohol motifs (C(OH)–C–C–N with tert-alkyl or cyclic N) is 1. The van der Waals surface area contributed by atoms with Gasteiger partial charge in [-0.05, 0) is 6.92 Å². The monoisotopic (exact) mass is 173 g/mol. The first-order valence-electron chi connectivity index (χ1n) is 4.04. The van der Waals surface area contributed by atoms with E-state index in [0.717, 1.165) is 0 Å². The molecule has 0 radical (unpaired) electrons. The number of amides is 1. The summed E-state index contributed by atoms with van der Waals surface area (Å²) in [5.74, 6) is 0.0587. The number of carbonyl (C=O) groups excluding carboxylic acids is 1. The van der Waals surface area contributed by atoms with Gasteiger partial charge in [0.15, 0.2) is 0 Å². The van der Waals surface area contributed by atoms with Crippen LogP contribution in [0.15, 0.2) is 0 Å². The van der Waals surface area contributed by atoms with Crippen LogP contribution in [0.4, 0.5) is 0 Å². The predicted molar refractivity (Wildman–Crippen MR) is 43.7 cm³/mol. The maximum atomic E-state index is 11.2. The van der Waals surface area contributed by atoms with Crippen LogP contribution in [0.25, 0.3) is 0 Å². The van der Waals surface area contributed by atoms with E-state index in [9.17, 15) is 9.90 Å². The molecular formula is C8H15NO3. The minimum Gasteiger partial charge on any atom is -0.386 e. The van der Waals surface area contributed by atoms with E-state index in [1.807, 2.05) is 0 Å². The first kappa shape index (κ1) is 9.48. The Morgan fingerprint density at radius 3 is 2.67 bits per heavy atom. The molecular weight excluding hydrogens is 158 g/mol. The van der Waals surface area contributed by atoms with Gasteiger partial charge in [-0.15, -0.1) is 0 Å². The molecule has 1 aliphatic heterocycles. The van der Waals surface area contributed by atoms with Crippen molar-refractivity contribution in [1.82, 2.24) is 4.90 Å². The van der Waals surface area contributed by atoms with Gasteiger partial charge in [0.25, 0.3) is 0 Å². The van der Waals surface area contributed by atoms with Crippen molar-refractivity contribution in [3.63, 3.8) is 0 Å². The number of aliphatic hydroxyl groups is 1. The van der Waals surface area contributed by atoms with Gasteiger partial charge in [-0.3, -0.25) is 4.79 Å². The van der Waals surface area contributed by atoms with E-state index in [-0.39, 0.29) is 5.91 Å². The molecule has 1 N–H and O–H groups in total. The molecule has 0 aliphatic carbocycles. The van der Waals surface area contributed by atoms with Crippen molar-refractivity contribution in [2.45, 2.75) is 18.9 Å². The maximum Gasteiger partial charge on any atom is 0.225 e. The van der Waals surface area contributed by atoms with Gasteiger partial charge in [0.2, 0.25) is 5.91 Å². The van der Waals surface area contributed by atoms with Crippen LogP contribution in [0.2, 0.25) is 0 Å². The third kappa shape index (κ3) is 2.19. The van der Waals surface area contributed by atoms with Gasteiger partial charge in [0.05, 0.1) is 31.7 Å². The molecule has 0 aromatic carbocycles. The van der Waals surface area contributed by atoms with Gasteiger partial charge in [-0.1, -0.05) is 0 Å². The molecule has 0 saturated carbocycles. The third-order valence-electron chi connectivity index (χ3n) is 1.94. The molecule has 12 heavy (non-hydrogen) atoms. The van der Waals surface area contributed by atoms with Crippen LogP contribution in [-0.4, -0.2) is 48.3 Å². The molecule has 0 unspecified atom stereocenters. The fourth-order valence-corrected chi connectivity index (χ4v) is 1.30. The van der Waals surface area contributed by atoms with E-state index >= 15 is 0 Å². The number of carbonyl (C=O) groups is 1. The lowest BCUT2D eigenvalue weighted by Crippen LogP contribution is -2.61. The van der Waals surface area contributed by atoms with Crippen LogP contribution in [0.1, 0.15) is 13.3 Å². The standard InChI is InChI=1S/C8H15NO3/c1-8(11)5-9(6-8)7(10)3-4-12-2/h11H,3-6H2,1-2H3. The lowest BCUT2D eigenvalue weighted by atomic mass is 9.97. The summed E-state index contributed by atoms with van der Waals surface area (Å²) >= 11 is 0. The molecule has 70 valence electrons. The van der Waals surface area contributed by atoms with Gasteiger partial charge in [-0.25, -0.2) is 0 Å². The van der Waals surface area contributed by atoms with Gasteiger partial charge in [0, 0.05) is 7.11 Å². The molecule has 0 aromatic rings. The van der Waals surface area contributed by atoms with Crippen molar-refractivity contribution in [2.24, 2.45) is 0 Å². The summed E-state index contributed by atoms with van der Waals surface area (Å²) < 4.78 is 4.77. The van der Waals surface area contributed by atoms with E-state index < -0.39 is 5.60 Å². The van der Waals surface area contributed by atoms with E-state index in [4.69, 9.17) is 4.74 Å². The molecule has 1 fully saturated rings.